The van der Waals surface area contributed by atoms with Gasteiger partial charge in [0, 0.05) is 31.5 Å². The van der Waals surface area contributed by atoms with Crippen LogP contribution in [0.1, 0.15) is 47.9 Å². The maximum absolute atomic E-state index is 12.4. The molecule has 0 radical (unpaired) electrons. The highest BCUT2D eigenvalue weighted by Gasteiger charge is 2.35. The summed E-state index contributed by atoms with van der Waals surface area (Å²) < 4.78 is 4.95. The number of nitrogens with one attached hydrogen (secondary N) is 2. The third-order valence-corrected chi connectivity index (χ3v) is 3.45. The van der Waals surface area contributed by atoms with Crippen molar-refractivity contribution in [2.24, 2.45) is 0 Å². The molecule has 0 atom stereocenters. The minimum atomic E-state index is -0.370. The van der Waals surface area contributed by atoms with Gasteiger partial charge in [0.1, 0.15) is 0 Å². The number of amides is 4. The molecule has 1 aliphatic rings. The average molecular weight is 333 g/mol. The number of benzene rings is 1. The van der Waals surface area contributed by atoms with Gasteiger partial charge in [-0.15, -0.1) is 0 Å². The predicted octanol–water partition coefficient (Wildman–Crippen LogP) is 2.24. The molecule has 0 aliphatic carbocycles. The van der Waals surface area contributed by atoms with E-state index < -0.39 is 0 Å². The summed E-state index contributed by atoms with van der Waals surface area (Å²) in [5.74, 6) is -0.650. The van der Waals surface area contributed by atoms with E-state index in [1.165, 1.54) is 11.0 Å². The van der Waals surface area contributed by atoms with Crippen LogP contribution >= 0.6 is 0 Å². The monoisotopic (exact) mass is 333 g/mol. The summed E-state index contributed by atoms with van der Waals surface area (Å²) in [6.07, 6.45) is 0.584. The quantitative estimate of drug-likeness (QED) is 0.639. The molecule has 24 heavy (non-hydrogen) atoms. The standard InChI is InChI=1S/C17H23N3O4/c1-17(2,3)19-16(23)18-11-6-7-12-13(10-11)15(22)20(14(12)21)8-5-9-24-4/h6-7,10H,5,8-9H2,1-4H3,(H2,18,19,23). The molecule has 1 aliphatic heterocycles. The summed E-state index contributed by atoms with van der Waals surface area (Å²) in [5.41, 5.74) is 0.769. The van der Waals surface area contributed by atoms with Crippen molar-refractivity contribution in [1.82, 2.24) is 10.2 Å². The summed E-state index contributed by atoms with van der Waals surface area (Å²) in [6, 6.07) is 4.36. The Morgan fingerprint density at radius 3 is 2.46 bits per heavy atom. The van der Waals surface area contributed by atoms with E-state index in [0.29, 0.717) is 36.4 Å². The minimum Gasteiger partial charge on any atom is -0.385 e. The van der Waals surface area contributed by atoms with Crippen molar-refractivity contribution in [3.63, 3.8) is 0 Å². The van der Waals surface area contributed by atoms with Crippen LogP contribution in [0, 0.1) is 0 Å². The van der Waals surface area contributed by atoms with Gasteiger partial charge in [-0.05, 0) is 45.4 Å². The number of hydrogen-bond donors (Lipinski definition) is 2. The van der Waals surface area contributed by atoms with Crippen molar-refractivity contribution in [2.45, 2.75) is 32.7 Å². The summed E-state index contributed by atoms with van der Waals surface area (Å²) in [5, 5.41) is 5.45. The highest BCUT2D eigenvalue weighted by atomic mass is 16.5. The van der Waals surface area contributed by atoms with E-state index in [-0.39, 0.29) is 23.4 Å². The Labute approximate surface area is 141 Å². The van der Waals surface area contributed by atoms with Crippen molar-refractivity contribution in [3.05, 3.63) is 29.3 Å². The minimum absolute atomic E-state index is 0.309. The Kier molecular flexibility index (Phi) is 5.23. The van der Waals surface area contributed by atoms with Crippen molar-refractivity contribution in [1.29, 1.82) is 0 Å². The van der Waals surface area contributed by atoms with Crippen LogP contribution in [0.15, 0.2) is 18.2 Å². The van der Waals surface area contributed by atoms with E-state index in [1.54, 1.807) is 19.2 Å². The van der Waals surface area contributed by atoms with Crippen LogP contribution < -0.4 is 10.6 Å². The molecule has 1 aromatic carbocycles. The highest BCUT2D eigenvalue weighted by molar-refractivity contribution is 6.21. The van der Waals surface area contributed by atoms with Crippen LogP contribution in [-0.4, -0.2) is 48.5 Å². The first-order chi connectivity index (χ1) is 11.2. The van der Waals surface area contributed by atoms with Crippen molar-refractivity contribution in [2.75, 3.05) is 25.6 Å². The average Bonchev–Trinajstić information content (AvgIpc) is 2.70. The highest BCUT2D eigenvalue weighted by Crippen LogP contribution is 2.26. The SMILES string of the molecule is COCCCN1C(=O)c2ccc(NC(=O)NC(C)(C)C)cc2C1=O. The number of ether oxygens (including phenoxy) is 1. The maximum atomic E-state index is 12.4. The van der Waals surface area contributed by atoms with Crippen molar-refractivity contribution in [3.8, 4) is 0 Å². The summed E-state index contributed by atoms with van der Waals surface area (Å²) in [4.78, 5) is 37.8. The van der Waals surface area contributed by atoms with E-state index in [4.69, 9.17) is 4.74 Å². The predicted molar refractivity (Wildman–Crippen MR) is 90.2 cm³/mol. The van der Waals surface area contributed by atoms with E-state index in [2.05, 4.69) is 10.6 Å². The number of carbonyl (C=O) groups excluding carboxylic acids is 3. The molecular formula is C17H23N3O4. The largest absolute Gasteiger partial charge is 0.385 e. The lowest BCUT2D eigenvalue weighted by Gasteiger charge is -2.20. The number of fused-ring (bicyclic) bond motifs is 1. The lowest BCUT2D eigenvalue weighted by Crippen LogP contribution is -2.43. The Hall–Kier alpha value is -2.41. The molecule has 0 saturated carbocycles. The van der Waals surface area contributed by atoms with Crippen LogP contribution in [-0.2, 0) is 4.74 Å². The second-order valence-electron chi connectivity index (χ2n) is 6.70. The van der Waals surface area contributed by atoms with Crippen LogP contribution in [0.3, 0.4) is 0 Å². The van der Waals surface area contributed by atoms with Crippen molar-refractivity contribution >= 4 is 23.5 Å². The number of urea groups is 1. The molecule has 1 heterocycles. The molecule has 7 heteroatoms. The van der Waals surface area contributed by atoms with Crippen LogP contribution in [0.4, 0.5) is 10.5 Å². The molecule has 2 N–H and O–H groups in total. The Bertz CT molecular complexity index is 664. The zero-order valence-electron chi connectivity index (χ0n) is 14.4. The molecule has 4 amide bonds. The van der Waals surface area contributed by atoms with Gasteiger partial charge in [0.15, 0.2) is 0 Å². The van der Waals surface area contributed by atoms with Crippen LogP contribution in [0.2, 0.25) is 0 Å². The molecule has 0 saturated heterocycles. The van der Waals surface area contributed by atoms with Gasteiger partial charge in [0.05, 0.1) is 11.1 Å². The van der Waals surface area contributed by atoms with Gasteiger partial charge in [0.2, 0.25) is 0 Å². The topological polar surface area (TPSA) is 87.7 Å². The number of methoxy groups -OCH3 is 1. The van der Waals surface area contributed by atoms with Crippen LogP contribution in [0.25, 0.3) is 0 Å². The van der Waals surface area contributed by atoms with Gasteiger partial charge in [-0.25, -0.2) is 4.79 Å². The third-order valence-electron chi connectivity index (χ3n) is 3.45. The lowest BCUT2D eigenvalue weighted by molar-refractivity contribution is 0.0638. The smallest absolute Gasteiger partial charge is 0.319 e. The van der Waals surface area contributed by atoms with E-state index in [9.17, 15) is 14.4 Å². The van der Waals surface area contributed by atoms with Gasteiger partial charge >= 0.3 is 6.03 Å². The Balaban J connectivity index is 2.11. The third kappa shape index (κ3) is 4.11. The number of rotatable bonds is 5. The van der Waals surface area contributed by atoms with Crippen molar-refractivity contribution < 1.29 is 19.1 Å². The van der Waals surface area contributed by atoms with Gasteiger partial charge < -0.3 is 15.4 Å². The van der Waals surface area contributed by atoms with E-state index >= 15 is 0 Å². The number of hydrogen-bond acceptors (Lipinski definition) is 4. The molecule has 0 unspecified atom stereocenters. The zero-order chi connectivity index (χ0) is 17.9. The fourth-order valence-electron chi connectivity index (χ4n) is 2.44. The lowest BCUT2D eigenvalue weighted by atomic mass is 10.1. The molecule has 0 fully saturated rings. The summed E-state index contributed by atoms with van der Waals surface area (Å²) >= 11 is 0. The molecule has 0 aromatic heterocycles. The zero-order valence-corrected chi connectivity index (χ0v) is 14.4. The fourth-order valence-corrected chi connectivity index (χ4v) is 2.44. The normalized spacial score (nSPS) is 13.9. The number of carbonyl (C=O) groups is 3. The molecule has 130 valence electrons. The molecule has 7 nitrogen and oxygen atoms in total. The Morgan fingerprint density at radius 1 is 1.17 bits per heavy atom. The van der Waals surface area contributed by atoms with Gasteiger partial charge in [-0.1, -0.05) is 0 Å². The van der Waals surface area contributed by atoms with E-state index in [1.807, 2.05) is 20.8 Å². The molecule has 0 spiro atoms. The second kappa shape index (κ2) is 7.00. The molecular weight excluding hydrogens is 310 g/mol. The first-order valence-electron chi connectivity index (χ1n) is 7.81. The van der Waals surface area contributed by atoms with Gasteiger partial charge in [0.25, 0.3) is 11.8 Å². The number of nitrogens with zero attached hydrogens (tertiary/aromatic N) is 1. The first kappa shape index (κ1) is 17.9. The van der Waals surface area contributed by atoms with Gasteiger partial charge in [-0.2, -0.15) is 0 Å². The van der Waals surface area contributed by atoms with Crippen LogP contribution in [0.5, 0.6) is 0 Å². The van der Waals surface area contributed by atoms with E-state index in [0.717, 1.165) is 0 Å². The first-order valence-corrected chi connectivity index (χ1v) is 7.81. The Morgan fingerprint density at radius 2 is 1.83 bits per heavy atom. The summed E-state index contributed by atoms with van der Waals surface area (Å²) in [6.45, 7) is 6.40. The molecule has 0 bridgehead atoms. The molecule has 1 aromatic rings. The summed E-state index contributed by atoms with van der Waals surface area (Å²) in [7, 11) is 1.57. The second-order valence-corrected chi connectivity index (χ2v) is 6.70. The van der Waals surface area contributed by atoms with Gasteiger partial charge in [-0.3, -0.25) is 14.5 Å². The fraction of sp³-hybridized carbons (Fsp3) is 0.471. The maximum Gasteiger partial charge on any atom is 0.319 e. The number of imide groups is 1. The number of anilines is 1. The molecule has 2 rings (SSSR count).